The normalized spacial score (nSPS) is 10.7. The minimum Gasteiger partial charge on any atom is -0.465 e. The largest absolute Gasteiger partial charge is 0.465 e. The summed E-state index contributed by atoms with van der Waals surface area (Å²) in [6.45, 7) is 12.3. The van der Waals surface area contributed by atoms with E-state index in [1.54, 1.807) is 0 Å². The number of nitrogens with zero attached hydrogens (tertiary/aromatic N) is 1. The SMILES string of the molecule is C=CCN(CCC(C)C)CC(=O)OCC. The molecule has 0 amide bonds. The molecule has 0 radical (unpaired) electrons. The van der Waals surface area contributed by atoms with Crippen molar-refractivity contribution in [1.82, 2.24) is 4.90 Å². The number of rotatable bonds is 8. The van der Waals surface area contributed by atoms with Gasteiger partial charge >= 0.3 is 5.97 Å². The van der Waals surface area contributed by atoms with Crippen LogP contribution in [0.25, 0.3) is 0 Å². The van der Waals surface area contributed by atoms with Crippen LogP contribution in [0, 0.1) is 5.92 Å². The molecule has 0 atom stereocenters. The van der Waals surface area contributed by atoms with Gasteiger partial charge in [-0.05, 0) is 25.8 Å². The Labute approximate surface area is 93.1 Å². The van der Waals surface area contributed by atoms with Gasteiger partial charge in [-0.1, -0.05) is 19.9 Å². The second-order valence-corrected chi connectivity index (χ2v) is 4.01. The second-order valence-electron chi connectivity index (χ2n) is 4.01. The lowest BCUT2D eigenvalue weighted by atomic mass is 10.1. The quantitative estimate of drug-likeness (QED) is 0.457. The first-order chi connectivity index (χ1) is 7.10. The van der Waals surface area contributed by atoms with E-state index in [-0.39, 0.29) is 5.97 Å². The zero-order valence-electron chi connectivity index (χ0n) is 10.2. The van der Waals surface area contributed by atoms with E-state index < -0.39 is 0 Å². The van der Waals surface area contributed by atoms with Crippen molar-refractivity contribution in [2.24, 2.45) is 5.92 Å². The third-order valence-corrected chi connectivity index (χ3v) is 2.07. The molecule has 0 N–H and O–H groups in total. The van der Waals surface area contributed by atoms with Gasteiger partial charge in [-0.2, -0.15) is 0 Å². The van der Waals surface area contributed by atoms with Crippen molar-refractivity contribution in [3.8, 4) is 0 Å². The van der Waals surface area contributed by atoms with E-state index in [1.165, 1.54) is 0 Å². The molecular formula is C12H23NO2. The zero-order valence-corrected chi connectivity index (χ0v) is 10.2. The van der Waals surface area contributed by atoms with Crippen molar-refractivity contribution in [2.75, 3.05) is 26.2 Å². The fourth-order valence-corrected chi connectivity index (χ4v) is 1.25. The molecule has 15 heavy (non-hydrogen) atoms. The minimum absolute atomic E-state index is 0.150. The number of carbonyl (C=O) groups excluding carboxylic acids is 1. The summed E-state index contributed by atoms with van der Waals surface area (Å²) in [4.78, 5) is 13.3. The maximum atomic E-state index is 11.3. The van der Waals surface area contributed by atoms with Gasteiger partial charge in [0.1, 0.15) is 0 Å². The van der Waals surface area contributed by atoms with Gasteiger partial charge in [0.25, 0.3) is 0 Å². The molecule has 0 saturated carbocycles. The molecular weight excluding hydrogens is 190 g/mol. The first-order valence-electron chi connectivity index (χ1n) is 5.59. The molecule has 0 aliphatic heterocycles. The van der Waals surface area contributed by atoms with Crippen LogP contribution in [-0.2, 0) is 9.53 Å². The van der Waals surface area contributed by atoms with Gasteiger partial charge in [0, 0.05) is 6.54 Å². The molecule has 3 heteroatoms. The highest BCUT2D eigenvalue weighted by atomic mass is 16.5. The molecule has 0 aromatic heterocycles. The first kappa shape index (κ1) is 14.2. The molecule has 0 unspecified atom stereocenters. The lowest BCUT2D eigenvalue weighted by molar-refractivity contribution is -0.144. The van der Waals surface area contributed by atoms with Crippen molar-refractivity contribution in [3.05, 3.63) is 12.7 Å². The molecule has 0 saturated heterocycles. The fraction of sp³-hybridized carbons (Fsp3) is 0.750. The van der Waals surface area contributed by atoms with Gasteiger partial charge in [-0.25, -0.2) is 0 Å². The summed E-state index contributed by atoms with van der Waals surface area (Å²) in [5, 5.41) is 0. The van der Waals surface area contributed by atoms with Crippen LogP contribution in [0.5, 0.6) is 0 Å². The smallest absolute Gasteiger partial charge is 0.320 e. The number of hydrogen-bond acceptors (Lipinski definition) is 3. The average Bonchev–Trinajstić information content (AvgIpc) is 2.15. The van der Waals surface area contributed by atoms with E-state index in [4.69, 9.17) is 4.74 Å². The lowest BCUT2D eigenvalue weighted by Crippen LogP contribution is -2.32. The van der Waals surface area contributed by atoms with Crippen LogP contribution < -0.4 is 0 Å². The van der Waals surface area contributed by atoms with Gasteiger partial charge in [0.2, 0.25) is 0 Å². The summed E-state index contributed by atoms with van der Waals surface area (Å²) in [5.74, 6) is 0.502. The summed E-state index contributed by atoms with van der Waals surface area (Å²) in [6.07, 6.45) is 2.91. The van der Waals surface area contributed by atoms with E-state index in [0.717, 1.165) is 19.5 Å². The Balaban J connectivity index is 3.91. The third kappa shape index (κ3) is 8.18. The van der Waals surface area contributed by atoms with Crippen LogP contribution >= 0.6 is 0 Å². The molecule has 0 spiro atoms. The monoisotopic (exact) mass is 213 g/mol. The van der Waals surface area contributed by atoms with E-state index in [2.05, 4.69) is 25.3 Å². The number of hydrogen-bond donors (Lipinski definition) is 0. The Morgan fingerprint density at radius 2 is 2.20 bits per heavy atom. The fourth-order valence-electron chi connectivity index (χ4n) is 1.25. The van der Waals surface area contributed by atoms with Crippen molar-refractivity contribution >= 4 is 5.97 Å². The Morgan fingerprint density at radius 1 is 1.53 bits per heavy atom. The van der Waals surface area contributed by atoms with Crippen LogP contribution in [0.4, 0.5) is 0 Å². The lowest BCUT2D eigenvalue weighted by Gasteiger charge is -2.20. The highest BCUT2D eigenvalue weighted by Gasteiger charge is 2.10. The molecule has 0 heterocycles. The number of esters is 1. The summed E-state index contributed by atoms with van der Waals surface area (Å²) in [6, 6.07) is 0. The maximum absolute atomic E-state index is 11.3. The van der Waals surface area contributed by atoms with Crippen LogP contribution in [0.1, 0.15) is 27.2 Å². The highest BCUT2D eigenvalue weighted by Crippen LogP contribution is 2.02. The molecule has 0 aromatic rings. The van der Waals surface area contributed by atoms with Gasteiger partial charge in [0.05, 0.1) is 13.2 Å². The summed E-state index contributed by atoms with van der Waals surface area (Å²) >= 11 is 0. The molecule has 0 bridgehead atoms. The van der Waals surface area contributed by atoms with E-state index in [1.807, 2.05) is 13.0 Å². The molecule has 0 aliphatic rings. The van der Waals surface area contributed by atoms with Crippen LogP contribution in [0.15, 0.2) is 12.7 Å². The Morgan fingerprint density at radius 3 is 2.67 bits per heavy atom. The topological polar surface area (TPSA) is 29.5 Å². The molecule has 0 fully saturated rings. The predicted molar refractivity (Wildman–Crippen MR) is 62.7 cm³/mol. The van der Waals surface area contributed by atoms with E-state index >= 15 is 0 Å². The van der Waals surface area contributed by atoms with E-state index in [0.29, 0.717) is 19.1 Å². The average molecular weight is 213 g/mol. The van der Waals surface area contributed by atoms with Crippen molar-refractivity contribution in [1.29, 1.82) is 0 Å². The predicted octanol–water partition coefficient (Wildman–Crippen LogP) is 2.08. The Bertz CT molecular complexity index is 190. The van der Waals surface area contributed by atoms with Gasteiger partial charge in [-0.15, -0.1) is 6.58 Å². The molecule has 88 valence electrons. The number of ether oxygens (including phenoxy) is 1. The van der Waals surface area contributed by atoms with E-state index in [9.17, 15) is 4.79 Å². The van der Waals surface area contributed by atoms with Crippen molar-refractivity contribution < 1.29 is 9.53 Å². The van der Waals surface area contributed by atoms with Crippen LogP contribution in [0.2, 0.25) is 0 Å². The van der Waals surface area contributed by atoms with Gasteiger partial charge in [-0.3, -0.25) is 9.69 Å². The van der Waals surface area contributed by atoms with Crippen molar-refractivity contribution in [3.63, 3.8) is 0 Å². The van der Waals surface area contributed by atoms with Gasteiger partial charge in [0.15, 0.2) is 0 Å². The Kier molecular flexibility index (Phi) is 8.01. The van der Waals surface area contributed by atoms with Gasteiger partial charge < -0.3 is 4.74 Å². The number of carbonyl (C=O) groups is 1. The minimum atomic E-state index is -0.150. The zero-order chi connectivity index (χ0) is 11.7. The standard InChI is InChI=1S/C12H23NO2/c1-5-8-13(9-7-11(3)4)10-12(14)15-6-2/h5,11H,1,6-10H2,2-4H3. The van der Waals surface area contributed by atoms with Crippen LogP contribution in [-0.4, -0.2) is 37.1 Å². The maximum Gasteiger partial charge on any atom is 0.320 e. The third-order valence-electron chi connectivity index (χ3n) is 2.07. The highest BCUT2D eigenvalue weighted by molar-refractivity contribution is 5.71. The molecule has 0 aliphatic carbocycles. The summed E-state index contributed by atoms with van der Waals surface area (Å²) in [7, 11) is 0. The Hall–Kier alpha value is -0.830. The first-order valence-corrected chi connectivity index (χ1v) is 5.59. The molecule has 0 aromatic carbocycles. The summed E-state index contributed by atoms with van der Waals surface area (Å²) < 4.78 is 4.91. The molecule has 0 rings (SSSR count). The summed E-state index contributed by atoms with van der Waals surface area (Å²) in [5.41, 5.74) is 0. The van der Waals surface area contributed by atoms with Crippen LogP contribution in [0.3, 0.4) is 0 Å². The van der Waals surface area contributed by atoms with Crippen molar-refractivity contribution in [2.45, 2.75) is 27.2 Å². The second kappa shape index (κ2) is 8.48. The molecule has 3 nitrogen and oxygen atoms in total.